The van der Waals surface area contributed by atoms with Crippen LogP contribution in [-0.4, -0.2) is 18.4 Å². The van der Waals surface area contributed by atoms with Gasteiger partial charge in [-0.05, 0) is 32.4 Å². The van der Waals surface area contributed by atoms with Gasteiger partial charge in [0.25, 0.3) is 0 Å². The maximum absolute atomic E-state index is 12.0. The molecule has 18 heavy (non-hydrogen) atoms. The largest absolute Gasteiger partial charge is 0.355 e. The van der Waals surface area contributed by atoms with E-state index < -0.39 is 0 Å². The molecule has 0 unspecified atom stereocenters. The van der Waals surface area contributed by atoms with Gasteiger partial charge in [0.1, 0.15) is 0 Å². The lowest BCUT2D eigenvalue weighted by atomic mass is 10.1. The Kier molecular flexibility index (Phi) is 3.71. The molecule has 0 aromatic carbocycles. The van der Waals surface area contributed by atoms with Gasteiger partial charge in [-0.2, -0.15) is 0 Å². The summed E-state index contributed by atoms with van der Waals surface area (Å²) in [6.07, 6.45) is 0.306. The van der Waals surface area contributed by atoms with Crippen molar-refractivity contribution in [3.05, 3.63) is 21.4 Å². The molecule has 2 rings (SSSR count). The Morgan fingerprint density at radius 1 is 1.56 bits per heavy atom. The van der Waals surface area contributed by atoms with Crippen molar-refractivity contribution in [1.29, 1.82) is 0 Å². The van der Waals surface area contributed by atoms with Crippen LogP contribution in [-0.2, 0) is 9.59 Å². The molecular weight excluding hydrogens is 248 g/mol. The molecular formula is C13H18N2O2S. The highest BCUT2D eigenvalue weighted by Crippen LogP contribution is 2.26. The van der Waals surface area contributed by atoms with E-state index in [1.54, 1.807) is 11.3 Å². The second kappa shape index (κ2) is 5.10. The van der Waals surface area contributed by atoms with Crippen molar-refractivity contribution in [2.45, 2.75) is 33.2 Å². The Bertz CT molecular complexity index is 481. The van der Waals surface area contributed by atoms with E-state index in [2.05, 4.69) is 30.5 Å². The van der Waals surface area contributed by atoms with E-state index in [-0.39, 0.29) is 23.8 Å². The highest BCUT2D eigenvalue weighted by atomic mass is 32.1. The van der Waals surface area contributed by atoms with E-state index in [1.807, 2.05) is 6.92 Å². The lowest BCUT2D eigenvalue weighted by molar-refractivity contribution is -0.127. The molecule has 2 atom stereocenters. The quantitative estimate of drug-likeness (QED) is 0.874. The summed E-state index contributed by atoms with van der Waals surface area (Å²) in [5, 5.41) is 5.67. The third-order valence-electron chi connectivity index (χ3n) is 3.25. The number of nitrogens with one attached hydrogen (secondary N) is 2. The molecule has 1 fully saturated rings. The first-order chi connectivity index (χ1) is 8.47. The summed E-state index contributed by atoms with van der Waals surface area (Å²) in [6.45, 7) is 6.57. The Morgan fingerprint density at radius 2 is 2.28 bits per heavy atom. The van der Waals surface area contributed by atoms with E-state index in [0.717, 1.165) is 0 Å². The molecule has 1 aromatic heterocycles. The predicted molar refractivity (Wildman–Crippen MR) is 71.5 cm³/mol. The van der Waals surface area contributed by atoms with Gasteiger partial charge in [0.05, 0.1) is 12.0 Å². The lowest BCUT2D eigenvalue weighted by Crippen LogP contribution is -2.33. The average Bonchev–Trinajstić information content (AvgIpc) is 2.84. The first kappa shape index (κ1) is 13.1. The molecule has 5 heteroatoms. The number of rotatable bonds is 3. The summed E-state index contributed by atoms with van der Waals surface area (Å²) in [4.78, 5) is 25.6. The van der Waals surface area contributed by atoms with Crippen LogP contribution in [0.2, 0.25) is 0 Å². The van der Waals surface area contributed by atoms with E-state index in [4.69, 9.17) is 0 Å². The zero-order valence-electron chi connectivity index (χ0n) is 10.9. The summed E-state index contributed by atoms with van der Waals surface area (Å²) in [7, 11) is 0. The molecule has 1 saturated heterocycles. The molecule has 1 aromatic rings. The number of hydrogen-bond acceptors (Lipinski definition) is 3. The zero-order valence-corrected chi connectivity index (χ0v) is 11.7. The summed E-state index contributed by atoms with van der Waals surface area (Å²) >= 11 is 1.74. The molecule has 1 aliphatic rings. The van der Waals surface area contributed by atoms with Crippen LogP contribution in [0.5, 0.6) is 0 Å². The average molecular weight is 266 g/mol. The minimum atomic E-state index is -0.222. The van der Waals surface area contributed by atoms with Gasteiger partial charge in [-0.25, -0.2) is 0 Å². The first-order valence-electron chi connectivity index (χ1n) is 6.11. The van der Waals surface area contributed by atoms with Gasteiger partial charge in [-0.1, -0.05) is 0 Å². The third kappa shape index (κ3) is 2.72. The van der Waals surface area contributed by atoms with E-state index in [0.29, 0.717) is 13.0 Å². The summed E-state index contributed by atoms with van der Waals surface area (Å²) < 4.78 is 0. The number of aryl methyl sites for hydroxylation is 2. The monoisotopic (exact) mass is 266 g/mol. The number of carbonyl (C=O) groups is 2. The topological polar surface area (TPSA) is 58.2 Å². The fourth-order valence-electron chi connectivity index (χ4n) is 2.28. The Balaban J connectivity index is 1.99. The molecule has 0 spiro atoms. The predicted octanol–water partition coefficient (Wildman–Crippen LogP) is 1.68. The molecule has 2 N–H and O–H groups in total. The van der Waals surface area contributed by atoms with Crippen molar-refractivity contribution in [2.24, 2.45) is 5.92 Å². The van der Waals surface area contributed by atoms with Crippen LogP contribution < -0.4 is 10.6 Å². The second-order valence-electron chi connectivity index (χ2n) is 4.80. The fraction of sp³-hybridized carbons (Fsp3) is 0.538. The van der Waals surface area contributed by atoms with Gasteiger partial charge in [-0.15, -0.1) is 11.3 Å². The van der Waals surface area contributed by atoms with Crippen molar-refractivity contribution >= 4 is 23.2 Å². The Hall–Kier alpha value is -1.36. The van der Waals surface area contributed by atoms with Crippen molar-refractivity contribution in [2.75, 3.05) is 6.54 Å². The molecule has 1 aliphatic heterocycles. The second-order valence-corrected chi connectivity index (χ2v) is 6.26. The van der Waals surface area contributed by atoms with Gasteiger partial charge < -0.3 is 10.6 Å². The first-order valence-corrected chi connectivity index (χ1v) is 6.93. The zero-order chi connectivity index (χ0) is 13.3. The van der Waals surface area contributed by atoms with E-state index in [1.165, 1.54) is 15.3 Å². The van der Waals surface area contributed by atoms with Crippen LogP contribution in [0, 0.1) is 19.8 Å². The normalized spacial score (nSPS) is 20.6. The van der Waals surface area contributed by atoms with Gasteiger partial charge in [-0.3, -0.25) is 9.59 Å². The molecule has 2 heterocycles. The van der Waals surface area contributed by atoms with Crippen molar-refractivity contribution in [1.82, 2.24) is 10.6 Å². The fourth-order valence-corrected chi connectivity index (χ4v) is 3.30. The highest BCUT2D eigenvalue weighted by Gasteiger charge is 2.29. The van der Waals surface area contributed by atoms with Crippen molar-refractivity contribution in [3.63, 3.8) is 0 Å². The van der Waals surface area contributed by atoms with E-state index >= 15 is 0 Å². The molecule has 4 nitrogen and oxygen atoms in total. The molecule has 98 valence electrons. The Morgan fingerprint density at radius 3 is 2.78 bits per heavy atom. The van der Waals surface area contributed by atoms with Crippen molar-refractivity contribution < 1.29 is 9.59 Å². The number of thiophene rings is 1. The summed E-state index contributed by atoms with van der Waals surface area (Å²) in [6, 6.07) is 2.11. The smallest absolute Gasteiger partial charge is 0.225 e. The van der Waals surface area contributed by atoms with Crippen LogP contribution in [0.25, 0.3) is 0 Å². The van der Waals surface area contributed by atoms with Crippen LogP contribution in [0.4, 0.5) is 0 Å². The number of amides is 2. The summed E-state index contributed by atoms with van der Waals surface area (Å²) in [5.74, 6) is -0.297. The maximum Gasteiger partial charge on any atom is 0.225 e. The third-order valence-corrected chi connectivity index (χ3v) is 4.23. The maximum atomic E-state index is 12.0. The van der Waals surface area contributed by atoms with Crippen LogP contribution in [0.3, 0.4) is 0 Å². The lowest BCUT2D eigenvalue weighted by Gasteiger charge is -2.16. The standard InChI is InChI=1S/C13H18N2O2S/c1-7-4-11(9(3)18-7)8(2)15-13(17)10-5-12(16)14-6-10/h4,8,10H,5-6H2,1-3H3,(H,14,16)(H,15,17)/t8-,10+/m0/s1. The van der Waals surface area contributed by atoms with Gasteiger partial charge in [0, 0.05) is 22.7 Å². The Labute approximate surface area is 111 Å². The summed E-state index contributed by atoms with van der Waals surface area (Å²) in [5.41, 5.74) is 1.17. The van der Waals surface area contributed by atoms with Gasteiger partial charge in [0.15, 0.2) is 0 Å². The van der Waals surface area contributed by atoms with Crippen LogP contribution in [0.15, 0.2) is 6.07 Å². The molecule has 0 bridgehead atoms. The SMILES string of the molecule is Cc1cc([C@H](C)NC(=O)[C@H]2CNC(=O)C2)c(C)s1. The minimum absolute atomic E-state index is 0.00171. The van der Waals surface area contributed by atoms with Gasteiger partial charge in [0.2, 0.25) is 11.8 Å². The molecule has 0 radical (unpaired) electrons. The van der Waals surface area contributed by atoms with E-state index in [9.17, 15) is 9.59 Å². The molecule has 0 saturated carbocycles. The van der Waals surface area contributed by atoms with Crippen LogP contribution >= 0.6 is 11.3 Å². The minimum Gasteiger partial charge on any atom is -0.355 e. The number of hydrogen-bond donors (Lipinski definition) is 2. The van der Waals surface area contributed by atoms with Crippen molar-refractivity contribution in [3.8, 4) is 0 Å². The van der Waals surface area contributed by atoms with Crippen LogP contribution in [0.1, 0.15) is 34.7 Å². The van der Waals surface area contributed by atoms with Gasteiger partial charge >= 0.3 is 0 Å². The highest BCUT2D eigenvalue weighted by molar-refractivity contribution is 7.12. The molecule has 0 aliphatic carbocycles. The number of carbonyl (C=O) groups excluding carboxylic acids is 2. The molecule has 2 amide bonds.